The van der Waals surface area contributed by atoms with Crippen LogP contribution in [0.25, 0.3) is 0 Å². The Morgan fingerprint density at radius 3 is 2.40 bits per heavy atom. The number of sulfone groups is 1. The molecule has 3 amide bonds. The van der Waals surface area contributed by atoms with Gasteiger partial charge in [-0.25, -0.2) is 13.2 Å². The highest BCUT2D eigenvalue weighted by Gasteiger charge is 2.23. The van der Waals surface area contributed by atoms with Gasteiger partial charge in [0, 0.05) is 11.3 Å². The van der Waals surface area contributed by atoms with Gasteiger partial charge in [-0.05, 0) is 31.4 Å². The number of benzene rings is 1. The highest BCUT2D eigenvalue weighted by Crippen LogP contribution is 2.32. The number of methoxy groups -OCH3 is 1. The molecule has 0 bridgehead atoms. The summed E-state index contributed by atoms with van der Waals surface area (Å²) >= 11 is 1.21. The fourth-order valence-corrected chi connectivity index (χ4v) is 5.24. The number of thiophene rings is 1. The smallest absolute Gasteiger partial charge is 0.413 e. The van der Waals surface area contributed by atoms with Crippen molar-refractivity contribution in [3.05, 3.63) is 51.9 Å². The van der Waals surface area contributed by atoms with E-state index in [-0.39, 0.29) is 29.9 Å². The van der Waals surface area contributed by atoms with Gasteiger partial charge in [-0.1, -0.05) is 30.3 Å². The van der Waals surface area contributed by atoms with E-state index in [4.69, 9.17) is 0 Å². The molecule has 1 heterocycles. The zero-order chi connectivity index (χ0) is 22.3. The van der Waals surface area contributed by atoms with Gasteiger partial charge in [0.2, 0.25) is 5.91 Å². The largest absolute Gasteiger partial charge is 0.453 e. The molecule has 0 aliphatic carbocycles. The minimum absolute atomic E-state index is 0.0118. The van der Waals surface area contributed by atoms with Crippen molar-refractivity contribution >= 4 is 44.1 Å². The molecule has 0 atom stereocenters. The molecule has 1 aromatic carbocycles. The van der Waals surface area contributed by atoms with Gasteiger partial charge in [0.05, 0.1) is 24.2 Å². The summed E-state index contributed by atoms with van der Waals surface area (Å²) in [6.45, 7) is 3.50. The predicted molar refractivity (Wildman–Crippen MR) is 115 cm³/mol. The van der Waals surface area contributed by atoms with Crippen LogP contribution in [-0.2, 0) is 25.1 Å². The summed E-state index contributed by atoms with van der Waals surface area (Å²) < 4.78 is 28.9. The zero-order valence-corrected chi connectivity index (χ0v) is 18.6. The third kappa shape index (κ3) is 6.67. The standard InChI is InChI=1S/C20H24N2O6S2/c1-13-14(2)29-19(17(13)18(24)22-20(25)28-3)21-16(23)10-7-11-30(26,27)12-15-8-5-4-6-9-15/h4-6,8-9H,7,10-12H2,1-3H3,(H,21,23)(H,22,24,25). The van der Waals surface area contributed by atoms with Gasteiger partial charge < -0.3 is 10.1 Å². The number of carbonyl (C=O) groups is 3. The number of ether oxygens (including phenoxy) is 1. The van der Waals surface area contributed by atoms with Gasteiger partial charge in [-0.15, -0.1) is 11.3 Å². The first-order valence-corrected chi connectivity index (χ1v) is 11.8. The van der Waals surface area contributed by atoms with Crippen molar-refractivity contribution in [2.45, 2.75) is 32.4 Å². The van der Waals surface area contributed by atoms with Crippen molar-refractivity contribution in [3.8, 4) is 0 Å². The molecule has 2 N–H and O–H groups in total. The Morgan fingerprint density at radius 2 is 1.77 bits per heavy atom. The molecule has 8 nitrogen and oxygen atoms in total. The monoisotopic (exact) mass is 452 g/mol. The molecule has 0 aliphatic rings. The maximum absolute atomic E-state index is 12.3. The second-order valence-corrected chi connectivity index (χ2v) is 10.1. The van der Waals surface area contributed by atoms with Crippen LogP contribution < -0.4 is 10.6 Å². The summed E-state index contributed by atoms with van der Waals surface area (Å²) in [6, 6.07) is 8.85. The lowest BCUT2D eigenvalue weighted by Gasteiger charge is -2.08. The molecule has 0 spiro atoms. The minimum atomic E-state index is -3.34. The van der Waals surface area contributed by atoms with Crippen LogP contribution in [0.1, 0.15) is 39.2 Å². The number of aryl methyl sites for hydroxylation is 1. The average Bonchev–Trinajstić information content (AvgIpc) is 2.95. The number of hydrogen-bond donors (Lipinski definition) is 2. The Hall–Kier alpha value is -2.72. The maximum atomic E-state index is 12.3. The molecule has 2 rings (SSSR count). The molecule has 0 radical (unpaired) electrons. The summed E-state index contributed by atoms with van der Waals surface area (Å²) in [5, 5.41) is 5.04. The van der Waals surface area contributed by atoms with E-state index in [9.17, 15) is 22.8 Å². The van der Waals surface area contributed by atoms with Gasteiger partial charge in [-0.2, -0.15) is 0 Å². The van der Waals surface area contributed by atoms with Crippen molar-refractivity contribution in [3.63, 3.8) is 0 Å². The van der Waals surface area contributed by atoms with Crippen LogP contribution in [-0.4, -0.2) is 39.2 Å². The number of nitrogens with one attached hydrogen (secondary N) is 2. The third-order valence-electron chi connectivity index (χ3n) is 4.35. The van der Waals surface area contributed by atoms with E-state index in [1.807, 2.05) is 6.07 Å². The van der Waals surface area contributed by atoms with E-state index in [0.717, 1.165) is 12.0 Å². The number of amides is 3. The summed E-state index contributed by atoms with van der Waals surface area (Å²) in [4.78, 5) is 36.8. The molecule has 30 heavy (non-hydrogen) atoms. The predicted octanol–water partition coefficient (Wildman–Crippen LogP) is 3.19. The fraction of sp³-hybridized carbons (Fsp3) is 0.350. The van der Waals surface area contributed by atoms with Gasteiger partial charge in [0.15, 0.2) is 9.84 Å². The first kappa shape index (κ1) is 23.6. The molecule has 1 aromatic heterocycles. The molecule has 2 aromatic rings. The van der Waals surface area contributed by atoms with E-state index in [0.29, 0.717) is 16.1 Å². The highest BCUT2D eigenvalue weighted by molar-refractivity contribution is 7.90. The Kier molecular flexibility index (Phi) is 8.13. The number of alkyl carbamates (subject to hydrolysis) is 1. The summed E-state index contributed by atoms with van der Waals surface area (Å²) in [6.07, 6.45) is -0.750. The van der Waals surface area contributed by atoms with Crippen LogP contribution in [0.2, 0.25) is 0 Å². The van der Waals surface area contributed by atoms with Gasteiger partial charge in [0.25, 0.3) is 5.91 Å². The quantitative estimate of drug-likeness (QED) is 0.635. The number of imide groups is 1. The van der Waals surface area contributed by atoms with E-state index in [1.165, 1.54) is 11.3 Å². The summed E-state index contributed by atoms with van der Waals surface area (Å²) in [5.41, 5.74) is 1.53. The van der Waals surface area contributed by atoms with E-state index in [2.05, 4.69) is 15.4 Å². The molecule has 0 fully saturated rings. The number of anilines is 1. The van der Waals surface area contributed by atoms with E-state index >= 15 is 0 Å². The summed E-state index contributed by atoms with van der Waals surface area (Å²) in [5.74, 6) is -1.27. The van der Waals surface area contributed by atoms with E-state index < -0.39 is 27.7 Å². The zero-order valence-electron chi connectivity index (χ0n) is 17.0. The van der Waals surface area contributed by atoms with Crippen molar-refractivity contribution in [2.75, 3.05) is 18.2 Å². The molecule has 0 saturated carbocycles. The maximum Gasteiger partial charge on any atom is 0.413 e. The van der Waals surface area contributed by atoms with Crippen LogP contribution in [0.5, 0.6) is 0 Å². The first-order chi connectivity index (χ1) is 14.1. The Morgan fingerprint density at radius 1 is 1.10 bits per heavy atom. The molecule has 10 heteroatoms. The minimum Gasteiger partial charge on any atom is -0.453 e. The molecule has 0 unspecified atom stereocenters. The molecule has 0 aliphatic heterocycles. The van der Waals surface area contributed by atoms with Crippen molar-refractivity contribution in [1.82, 2.24) is 5.32 Å². The second kappa shape index (κ2) is 10.4. The number of carbonyl (C=O) groups excluding carboxylic acids is 3. The lowest BCUT2D eigenvalue weighted by atomic mass is 10.1. The van der Waals surface area contributed by atoms with Crippen molar-refractivity contribution in [2.24, 2.45) is 0 Å². The van der Waals surface area contributed by atoms with Crippen LogP contribution in [0.4, 0.5) is 9.80 Å². The number of rotatable bonds is 8. The normalized spacial score (nSPS) is 11.0. The molecular formula is C20H24N2O6S2. The summed E-state index contributed by atoms with van der Waals surface area (Å²) in [7, 11) is -2.19. The fourth-order valence-electron chi connectivity index (χ4n) is 2.74. The van der Waals surface area contributed by atoms with Gasteiger partial charge >= 0.3 is 6.09 Å². The van der Waals surface area contributed by atoms with Crippen molar-refractivity contribution < 1.29 is 27.5 Å². The molecule has 162 valence electrons. The lowest BCUT2D eigenvalue weighted by molar-refractivity contribution is -0.116. The van der Waals surface area contributed by atoms with E-state index in [1.54, 1.807) is 38.1 Å². The lowest BCUT2D eigenvalue weighted by Crippen LogP contribution is -2.31. The van der Waals surface area contributed by atoms with Gasteiger partial charge in [-0.3, -0.25) is 14.9 Å². The third-order valence-corrected chi connectivity index (χ3v) is 7.16. The SMILES string of the molecule is COC(=O)NC(=O)c1c(NC(=O)CCCS(=O)(=O)Cc2ccccc2)sc(C)c1C. The second-order valence-electron chi connectivity index (χ2n) is 6.66. The Bertz CT molecular complexity index is 1030. The Labute approximate surface area is 179 Å². The molecular weight excluding hydrogens is 428 g/mol. The first-order valence-electron chi connectivity index (χ1n) is 9.16. The average molecular weight is 453 g/mol. The van der Waals surface area contributed by atoms with Crippen LogP contribution in [0, 0.1) is 13.8 Å². The molecule has 0 saturated heterocycles. The van der Waals surface area contributed by atoms with Crippen LogP contribution in [0.3, 0.4) is 0 Å². The van der Waals surface area contributed by atoms with Gasteiger partial charge in [0.1, 0.15) is 5.00 Å². The van der Waals surface area contributed by atoms with Crippen LogP contribution >= 0.6 is 11.3 Å². The topological polar surface area (TPSA) is 119 Å². The van der Waals surface area contributed by atoms with Crippen LogP contribution in [0.15, 0.2) is 30.3 Å². The Balaban J connectivity index is 1.96. The number of hydrogen-bond acceptors (Lipinski definition) is 7. The van der Waals surface area contributed by atoms with Crippen molar-refractivity contribution in [1.29, 1.82) is 0 Å². The highest BCUT2D eigenvalue weighted by atomic mass is 32.2.